The lowest BCUT2D eigenvalue weighted by molar-refractivity contribution is 0.103. The largest absolute Gasteiger partial charge is 0.495 e. The molecule has 1 aromatic carbocycles. The van der Waals surface area contributed by atoms with Gasteiger partial charge in [0.25, 0.3) is 0 Å². The Morgan fingerprint density at radius 1 is 1.18 bits per heavy atom. The number of carbonyl (C=O) groups is 1. The minimum absolute atomic E-state index is 0.0483. The normalized spacial score (nSPS) is 10.0. The number of hydrogen-bond acceptors (Lipinski definition) is 3. The Labute approximate surface area is 113 Å². The molecule has 2 rings (SSSR count). The smallest absolute Gasteiger partial charge is 0.194 e. The molecule has 0 saturated heterocycles. The SMILES string of the molecule is COc1cncc(C(=O)c2ccc(I)cc2)c1. The number of carbonyl (C=O) groups excluding carboxylic acids is 1. The summed E-state index contributed by atoms with van der Waals surface area (Å²) in [5.41, 5.74) is 1.19. The average Bonchev–Trinajstić information content (AvgIpc) is 2.39. The fraction of sp³-hybridized carbons (Fsp3) is 0.0769. The summed E-state index contributed by atoms with van der Waals surface area (Å²) in [5, 5.41) is 0. The molecule has 0 aliphatic carbocycles. The number of nitrogens with zero attached hydrogens (tertiary/aromatic N) is 1. The molecule has 0 atom stereocenters. The van der Waals surface area contributed by atoms with Gasteiger partial charge in [-0.25, -0.2) is 0 Å². The fourth-order valence-electron chi connectivity index (χ4n) is 1.42. The van der Waals surface area contributed by atoms with Crippen LogP contribution in [0.15, 0.2) is 42.7 Å². The molecule has 1 aromatic heterocycles. The number of ketones is 1. The highest BCUT2D eigenvalue weighted by Gasteiger charge is 2.10. The molecule has 0 bridgehead atoms. The van der Waals surface area contributed by atoms with Gasteiger partial charge in [-0.15, -0.1) is 0 Å². The first-order valence-corrected chi connectivity index (χ1v) is 6.08. The van der Waals surface area contributed by atoms with E-state index in [1.807, 2.05) is 24.3 Å². The van der Waals surface area contributed by atoms with Crippen LogP contribution in [0.3, 0.4) is 0 Å². The van der Waals surface area contributed by atoms with Crippen LogP contribution in [0.25, 0.3) is 0 Å². The highest BCUT2D eigenvalue weighted by atomic mass is 127. The number of methoxy groups -OCH3 is 1. The van der Waals surface area contributed by atoms with Gasteiger partial charge in [-0.1, -0.05) is 0 Å². The third kappa shape index (κ3) is 2.82. The van der Waals surface area contributed by atoms with E-state index in [2.05, 4.69) is 27.6 Å². The van der Waals surface area contributed by atoms with Crippen molar-refractivity contribution in [3.63, 3.8) is 0 Å². The van der Waals surface area contributed by atoms with E-state index in [0.717, 1.165) is 3.57 Å². The molecule has 3 nitrogen and oxygen atoms in total. The average molecular weight is 339 g/mol. The van der Waals surface area contributed by atoms with Crippen LogP contribution >= 0.6 is 22.6 Å². The van der Waals surface area contributed by atoms with E-state index in [4.69, 9.17) is 4.74 Å². The summed E-state index contributed by atoms with van der Waals surface area (Å²) in [6.45, 7) is 0. The molecule has 0 spiro atoms. The van der Waals surface area contributed by atoms with Crippen molar-refractivity contribution >= 4 is 28.4 Å². The Bertz CT molecular complexity index is 537. The minimum Gasteiger partial charge on any atom is -0.495 e. The summed E-state index contributed by atoms with van der Waals surface area (Å²) in [6, 6.07) is 9.11. The van der Waals surface area contributed by atoms with Gasteiger partial charge in [0, 0.05) is 20.9 Å². The Morgan fingerprint density at radius 3 is 2.53 bits per heavy atom. The number of ether oxygens (including phenoxy) is 1. The molecule has 0 radical (unpaired) electrons. The summed E-state index contributed by atoms with van der Waals surface area (Å²) in [7, 11) is 1.55. The van der Waals surface area contributed by atoms with Crippen LogP contribution in [0.1, 0.15) is 15.9 Å². The van der Waals surface area contributed by atoms with E-state index in [0.29, 0.717) is 16.9 Å². The lowest BCUT2D eigenvalue weighted by atomic mass is 10.1. The van der Waals surface area contributed by atoms with Crippen molar-refractivity contribution in [2.45, 2.75) is 0 Å². The zero-order valence-corrected chi connectivity index (χ0v) is 11.3. The van der Waals surface area contributed by atoms with Crippen molar-refractivity contribution in [2.75, 3.05) is 7.11 Å². The summed E-state index contributed by atoms with van der Waals surface area (Å²) in [6.07, 6.45) is 3.12. The number of pyridine rings is 1. The second kappa shape index (κ2) is 5.27. The van der Waals surface area contributed by atoms with Crippen LogP contribution in [-0.4, -0.2) is 17.9 Å². The molecule has 17 heavy (non-hydrogen) atoms. The highest BCUT2D eigenvalue weighted by Crippen LogP contribution is 2.15. The van der Waals surface area contributed by atoms with Crippen molar-refractivity contribution in [1.82, 2.24) is 4.98 Å². The number of hydrogen-bond donors (Lipinski definition) is 0. The standard InChI is InChI=1S/C13H10INO2/c1-17-12-6-10(7-15-8-12)13(16)9-2-4-11(14)5-3-9/h2-8H,1H3. The molecule has 0 saturated carbocycles. The minimum atomic E-state index is -0.0483. The second-order valence-corrected chi connectivity index (χ2v) is 4.70. The van der Waals surface area contributed by atoms with Gasteiger partial charge in [0.05, 0.1) is 13.3 Å². The quantitative estimate of drug-likeness (QED) is 0.638. The first kappa shape index (κ1) is 12.0. The molecule has 2 aromatic rings. The first-order chi connectivity index (χ1) is 8.20. The fourth-order valence-corrected chi connectivity index (χ4v) is 1.78. The first-order valence-electron chi connectivity index (χ1n) is 5.00. The zero-order chi connectivity index (χ0) is 12.3. The Hall–Kier alpha value is -1.43. The van der Waals surface area contributed by atoms with Gasteiger partial charge < -0.3 is 4.74 Å². The maximum atomic E-state index is 12.1. The zero-order valence-electron chi connectivity index (χ0n) is 9.18. The van der Waals surface area contributed by atoms with Crippen molar-refractivity contribution < 1.29 is 9.53 Å². The molecular formula is C13H10INO2. The molecule has 0 fully saturated rings. The third-order valence-corrected chi connectivity index (χ3v) is 3.04. The van der Waals surface area contributed by atoms with Crippen LogP contribution in [0.5, 0.6) is 5.75 Å². The van der Waals surface area contributed by atoms with Crippen molar-refractivity contribution in [3.8, 4) is 5.75 Å². The van der Waals surface area contributed by atoms with E-state index in [-0.39, 0.29) is 5.78 Å². The van der Waals surface area contributed by atoms with Crippen LogP contribution < -0.4 is 4.74 Å². The third-order valence-electron chi connectivity index (χ3n) is 2.32. The number of rotatable bonds is 3. The summed E-state index contributed by atoms with van der Waals surface area (Å²) in [5.74, 6) is 0.536. The van der Waals surface area contributed by atoms with Crippen LogP contribution in [0.2, 0.25) is 0 Å². The van der Waals surface area contributed by atoms with Gasteiger partial charge in [0.2, 0.25) is 0 Å². The molecular weight excluding hydrogens is 329 g/mol. The highest BCUT2D eigenvalue weighted by molar-refractivity contribution is 14.1. The number of benzene rings is 1. The van der Waals surface area contributed by atoms with Gasteiger partial charge in [-0.2, -0.15) is 0 Å². The Morgan fingerprint density at radius 2 is 1.88 bits per heavy atom. The second-order valence-electron chi connectivity index (χ2n) is 3.45. The summed E-state index contributed by atoms with van der Waals surface area (Å²) >= 11 is 2.20. The predicted octanol–water partition coefficient (Wildman–Crippen LogP) is 2.93. The van der Waals surface area contributed by atoms with E-state index in [1.165, 1.54) is 0 Å². The van der Waals surface area contributed by atoms with Crippen LogP contribution in [-0.2, 0) is 0 Å². The summed E-state index contributed by atoms with van der Waals surface area (Å²) < 4.78 is 6.14. The molecule has 0 amide bonds. The van der Waals surface area contributed by atoms with E-state index < -0.39 is 0 Å². The number of aromatic nitrogens is 1. The van der Waals surface area contributed by atoms with E-state index in [9.17, 15) is 4.79 Å². The monoisotopic (exact) mass is 339 g/mol. The van der Waals surface area contributed by atoms with E-state index >= 15 is 0 Å². The molecule has 0 aliphatic heterocycles. The molecule has 0 unspecified atom stereocenters. The molecule has 1 heterocycles. The van der Waals surface area contributed by atoms with Gasteiger partial charge >= 0.3 is 0 Å². The van der Waals surface area contributed by atoms with E-state index in [1.54, 1.807) is 25.6 Å². The van der Waals surface area contributed by atoms with Crippen LogP contribution in [0.4, 0.5) is 0 Å². The van der Waals surface area contributed by atoms with Crippen molar-refractivity contribution in [2.24, 2.45) is 0 Å². The molecule has 0 N–H and O–H groups in total. The van der Waals surface area contributed by atoms with Crippen molar-refractivity contribution in [3.05, 3.63) is 57.4 Å². The molecule has 0 aliphatic rings. The topological polar surface area (TPSA) is 39.2 Å². The summed E-state index contributed by atoms with van der Waals surface area (Å²) in [4.78, 5) is 16.1. The molecule has 86 valence electrons. The molecule has 4 heteroatoms. The van der Waals surface area contributed by atoms with Gasteiger partial charge in [-0.3, -0.25) is 9.78 Å². The lowest BCUT2D eigenvalue weighted by Crippen LogP contribution is -2.02. The van der Waals surface area contributed by atoms with Gasteiger partial charge in [0.15, 0.2) is 5.78 Å². The predicted molar refractivity (Wildman–Crippen MR) is 73.4 cm³/mol. The lowest BCUT2D eigenvalue weighted by Gasteiger charge is -2.03. The van der Waals surface area contributed by atoms with Gasteiger partial charge in [0.1, 0.15) is 5.75 Å². The van der Waals surface area contributed by atoms with Crippen molar-refractivity contribution in [1.29, 1.82) is 0 Å². The Balaban J connectivity index is 2.33. The Kier molecular flexibility index (Phi) is 3.73. The maximum absolute atomic E-state index is 12.1. The maximum Gasteiger partial charge on any atom is 0.194 e. The number of halogens is 1. The van der Waals surface area contributed by atoms with Gasteiger partial charge in [-0.05, 0) is 52.9 Å². The van der Waals surface area contributed by atoms with Crippen LogP contribution in [0, 0.1) is 3.57 Å².